The van der Waals surface area contributed by atoms with Gasteiger partial charge >= 0.3 is 5.97 Å². The van der Waals surface area contributed by atoms with Crippen molar-refractivity contribution in [2.45, 2.75) is 31.9 Å². The predicted molar refractivity (Wildman–Crippen MR) is 56.8 cm³/mol. The molecule has 0 saturated carbocycles. The average molecular weight is 230 g/mol. The fraction of sp³-hybridized carbons (Fsp3) is 0.800. The lowest BCUT2D eigenvalue weighted by Gasteiger charge is -2.16. The van der Waals surface area contributed by atoms with Crippen LogP contribution in [0.4, 0.5) is 0 Å². The van der Waals surface area contributed by atoms with Crippen molar-refractivity contribution in [3.05, 3.63) is 0 Å². The van der Waals surface area contributed by atoms with Gasteiger partial charge in [-0.1, -0.05) is 0 Å². The first-order valence-corrected chi connectivity index (χ1v) is 5.37. The highest BCUT2D eigenvalue weighted by Gasteiger charge is 2.25. The van der Waals surface area contributed by atoms with Crippen LogP contribution < -0.4 is 11.1 Å². The van der Waals surface area contributed by atoms with Crippen molar-refractivity contribution in [1.82, 2.24) is 5.32 Å². The molecule has 3 unspecified atom stereocenters. The van der Waals surface area contributed by atoms with Gasteiger partial charge in [0.25, 0.3) is 0 Å². The molecule has 1 fully saturated rings. The maximum absolute atomic E-state index is 11.4. The molecule has 0 aromatic carbocycles. The zero-order valence-corrected chi connectivity index (χ0v) is 9.31. The Bertz CT molecular complexity index is 270. The number of carboxylic acid groups (broad SMARTS) is 1. The summed E-state index contributed by atoms with van der Waals surface area (Å²) in [5, 5.41) is 11.1. The summed E-state index contributed by atoms with van der Waals surface area (Å²) in [6.45, 7) is 3.16. The second-order valence-electron chi connectivity index (χ2n) is 4.07. The molecule has 1 heterocycles. The maximum atomic E-state index is 11.4. The summed E-state index contributed by atoms with van der Waals surface area (Å²) in [4.78, 5) is 21.7. The lowest BCUT2D eigenvalue weighted by Crippen LogP contribution is -2.44. The average Bonchev–Trinajstić information content (AvgIpc) is 2.59. The minimum absolute atomic E-state index is 0.135. The summed E-state index contributed by atoms with van der Waals surface area (Å²) in [5.74, 6) is -1.19. The van der Waals surface area contributed by atoms with Crippen LogP contribution in [0.3, 0.4) is 0 Å². The summed E-state index contributed by atoms with van der Waals surface area (Å²) in [5.41, 5.74) is 5.41. The Morgan fingerprint density at radius 2 is 2.31 bits per heavy atom. The zero-order valence-electron chi connectivity index (χ0n) is 9.31. The maximum Gasteiger partial charge on any atom is 0.305 e. The van der Waals surface area contributed by atoms with E-state index in [0.29, 0.717) is 19.1 Å². The fourth-order valence-corrected chi connectivity index (χ4v) is 1.69. The topological polar surface area (TPSA) is 102 Å². The van der Waals surface area contributed by atoms with E-state index in [0.717, 1.165) is 6.42 Å². The fourth-order valence-electron chi connectivity index (χ4n) is 1.69. The van der Waals surface area contributed by atoms with Crippen molar-refractivity contribution in [2.75, 3.05) is 13.2 Å². The summed E-state index contributed by atoms with van der Waals surface area (Å²) in [6.07, 6.45) is 0.703. The Kier molecular flexibility index (Phi) is 4.70. The van der Waals surface area contributed by atoms with E-state index in [2.05, 4.69) is 5.32 Å². The van der Waals surface area contributed by atoms with E-state index in [-0.39, 0.29) is 12.5 Å². The zero-order chi connectivity index (χ0) is 12.1. The molecular formula is C10H18N2O4. The van der Waals surface area contributed by atoms with Crippen molar-refractivity contribution in [2.24, 2.45) is 11.7 Å². The lowest BCUT2D eigenvalue weighted by atomic mass is 10.0. The van der Waals surface area contributed by atoms with Gasteiger partial charge in [0.2, 0.25) is 5.91 Å². The minimum atomic E-state index is -1.07. The first-order valence-electron chi connectivity index (χ1n) is 5.37. The molecule has 1 aliphatic heterocycles. The van der Waals surface area contributed by atoms with Gasteiger partial charge in [0.1, 0.15) is 0 Å². The molecule has 6 heteroatoms. The smallest absolute Gasteiger partial charge is 0.305 e. The van der Waals surface area contributed by atoms with Gasteiger partial charge in [-0.05, 0) is 13.3 Å². The summed E-state index contributed by atoms with van der Waals surface area (Å²) in [6, 6.07) is -0.977. The van der Waals surface area contributed by atoms with Gasteiger partial charge in [0.15, 0.2) is 0 Å². The molecule has 4 N–H and O–H groups in total. The highest BCUT2D eigenvalue weighted by Crippen LogP contribution is 2.19. The number of carbonyl (C=O) groups is 2. The van der Waals surface area contributed by atoms with Gasteiger partial charge in [-0.15, -0.1) is 0 Å². The van der Waals surface area contributed by atoms with E-state index < -0.39 is 17.9 Å². The van der Waals surface area contributed by atoms with Gasteiger partial charge in [-0.2, -0.15) is 0 Å². The third-order valence-corrected chi connectivity index (χ3v) is 2.80. The lowest BCUT2D eigenvalue weighted by molar-refractivity contribution is -0.139. The Morgan fingerprint density at radius 1 is 1.62 bits per heavy atom. The molecule has 6 nitrogen and oxygen atoms in total. The number of hydrogen-bond acceptors (Lipinski definition) is 4. The van der Waals surface area contributed by atoms with E-state index >= 15 is 0 Å². The molecule has 0 bridgehead atoms. The van der Waals surface area contributed by atoms with E-state index in [1.807, 2.05) is 6.92 Å². The molecule has 0 spiro atoms. The van der Waals surface area contributed by atoms with Crippen molar-refractivity contribution in [1.29, 1.82) is 0 Å². The molecule has 1 rings (SSSR count). The van der Waals surface area contributed by atoms with Crippen LogP contribution in [0.15, 0.2) is 0 Å². The summed E-state index contributed by atoms with van der Waals surface area (Å²) < 4.78 is 5.35. The number of rotatable bonds is 5. The van der Waals surface area contributed by atoms with Crippen molar-refractivity contribution in [3.63, 3.8) is 0 Å². The van der Waals surface area contributed by atoms with Gasteiger partial charge in [-0.25, -0.2) is 0 Å². The van der Waals surface area contributed by atoms with Gasteiger partial charge < -0.3 is 20.9 Å². The monoisotopic (exact) mass is 230 g/mol. The number of aliphatic carboxylic acids is 1. The molecule has 0 aromatic heterocycles. The number of hydrogen-bond donors (Lipinski definition) is 3. The van der Waals surface area contributed by atoms with Crippen LogP contribution in [0.25, 0.3) is 0 Å². The van der Waals surface area contributed by atoms with Crippen LogP contribution in [0, 0.1) is 5.92 Å². The second-order valence-corrected chi connectivity index (χ2v) is 4.07. The Balaban J connectivity index is 2.26. The molecule has 0 aliphatic carbocycles. The third-order valence-electron chi connectivity index (χ3n) is 2.80. The number of nitrogens with two attached hydrogens (primary N) is 1. The number of amides is 1. The van der Waals surface area contributed by atoms with Crippen molar-refractivity contribution < 1.29 is 19.4 Å². The normalized spacial score (nSPS) is 26.4. The van der Waals surface area contributed by atoms with Crippen LogP contribution in [-0.2, 0) is 14.3 Å². The largest absolute Gasteiger partial charge is 0.481 e. The summed E-state index contributed by atoms with van der Waals surface area (Å²) >= 11 is 0. The molecule has 1 amide bonds. The number of carbonyl (C=O) groups excluding carboxylic acids is 1. The van der Waals surface area contributed by atoms with Crippen molar-refractivity contribution >= 4 is 11.9 Å². The van der Waals surface area contributed by atoms with E-state index in [9.17, 15) is 9.59 Å². The summed E-state index contributed by atoms with van der Waals surface area (Å²) in [7, 11) is 0. The van der Waals surface area contributed by atoms with Gasteiger partial charge in [0, 0.05) is 19.1 Å². The van der Waals surface area contributed by atoms with Gasteiger partial charge in [0.05, 0.1) is 18.6 Å². The van der Waals surface area contributed by atoms with Gasteiger partial charge in [-0.3, -0.25) is 9.59 Å². The Hall–Kier alpha value is -1.14. The molecule has 16 heavy (non-hydrogen) atoms. The molecule has 0 radical (unpaired) electrons. The van der Waals surface area contributed by atoms with Crippen LogP contribution in [0.1, 0.15) is 19.8 Å². The standard InChI is InChI=1S/C10H18N2O4/c1-6-7(2-3-16-6)5-12-10(15)8(11)4-9(13)14/h6-8H,2-5,11H2,1H3,(H,12,15)(H,13,14). The van der Waals surface area contributed by atoms with Crippen LogP contribution in [-0.4, -0.2) is 42.3 Å². The second kappa shape index (κ2) is 5.81. The molecule has 0 aromatic rings. The molecule has 1 aliphatic rings. The van der Waals surface area contributed by atoms with Crippen molar-refractivity contribution in [3.8, 4) is 0 Å². The number of carboxylic acids is 1. The first kappa shape index (κ1) is 12.9. The van der Waals surface area contributed by atoms with E-state index in [4.69, 9.17) is 15.6 Å². The Labute approximate surface area is 94.1 Å². The molecule has 3 atom stereocenters. The molecule has 1 saturated heterocycles. The molecule has 92 valence electrons. The Morgan fingerprint density at radius 3 is 2.81 bits per heavy atom. The number of nitrogens with one attached hydrogen (secondary N) is 1. The number of ether oxygens (including phenoxy) is 1. The molecular weight excluding hydrogens is 212 g/mol. The van der Waals surface area contributed by atoms with Crippen LogP contribution >= 0.6 is 0 Å². The predicted octanol–water partition coefficient (Wildman–Crippen LogP) is -0.670. The quantitative estimate of drug-likeness (QED) is 0.581. The minimum Gasteiger partial charge on any atom is -0.481 e. The van der Waals surface area contributed by atoms with E-state index in [1.165, 1.54) is 0 Å². The SMILES string of the molecule is CC1OCCC1CNC(=O)C(N)CC(=O)O. The van der Waals surface area contributed by atoms with E-state index in [1.54, 1.807) is 0 Å². The highest BCUT2D eigenvalue weighted by atomic mass is 16.5. The third kappa shape index (κ3) is 3.79. The first-order chi connectivity index (χ1) is 7.50. The highest BCUT2D eigenvalue weighted by molar-refractivity contribution is 5.85. The van der Waals surface area contributed by atoms with Crippen LogP contribution in [0.2, 0.25) is 0 Å². The van der Waals surface area contributed by atoms with Crippen LogP contribution in [0.5, 0.6) is 0 Å².